The molecule has 0 fully saturated rings. The highest BCUT2D eigenvalue weighted by molar-refractivity contribution is 6.05. The summed E-state index contributed by atoms with van der Waals surface area (Å²) < 4.78 is 7.39. The van der Waals surface area contributed by atoms with Gasteiger partial charge in [0, 0.05) is 29.3 Å². The minimum absolute atomic E-state index is 0.0239. The standard InChI is InChI=1S/C21H23NO2/c1-5-21(2)17-8-6-7-9-18(17)22(3)20(21)13-11-15-10-12-16(24-4)14-19(15)23/h6-14H,5H2,1-4H3/p+1. The quantitative estimate of drug-likeness (QED) is 0.840. The lowest BCUT2D eigenvalue weighted by atomic mass is 9.77. The van der Waals surface area contributed by atoms with Crippen LogP contribution in [-0.4, -0.2) is 29.6 Å². The van der Waals surface area contributed by atoms with Crippen LogP contribution in [0.25, 0.3) is 6.08 Å². The predicted molar refractivity (Wildman–Crippen MR) is 98.6 cm³/mol. The second-order valence-corrected chi connectivity index (χ2v) is 6.41. The van der Waals surface area contributed by atoms with Crippen molar-refractivity contribution in [3.63, 3.8) is 0 Å². The Hall–Kier alpha value is -2.55. The number of benzene rings is 2. The Morgan fingerprint density at radius 1 is 1.17 bits per heavy atom. The van der Waals surface area contributed by atoms with E-state index in [2.05, 4.69) is 55.8 Å². The summed E-state index contributed by atoms with van der Waals surface area (Å²) in [5, 5.41) is 10.2. The third-order valence-electron chi connectivity index (χ3n) is 5.15. The number of hydrogen-bond donors (Lipinski definition) is 1. The molecule has 0 bridgehead atoms. The smallest absolute Gasteiger partial charge is 0.209 e. The van der Waals surface area contributed by atoms with Crippen LogP contribution in [0.5, 0.6) is 11.5 Å². The van der Waals surface area contributed by atoms with Crippen molar-refractivity contribution in [2.75, 3.05) is 14.2 Å². The number of hydrogen-bond acceptors (Lipinski definition) is 2. The van der Waals surface area contributed by atoms with Gasteiger partial charge in [-0.1, -0.05) is 25.1 Å². The molecule has 0 saturated heterocycles. The Kier molecular flexibility index (Phi) is 4.18. The van der Waals surface area contributed by atoms with E-state index in [1.54, 1.807) is 13.2 Å². The fraction of sp³-hybridized carbons (Fsp3) is 0.286. The zero-order valence-corrected chi connectivity index (χ0v) is 14.7. The molecule has 0 radical (unpaired) electrons. The number of nitrogens with zero attached hydrogens (tertiary/aromatic N) is 1. The molecule has 2 aromatic carbocycles. The summed E-state index contributed by atoms with van der Waals surface area (Å²) in [6.07, 6.45) is 5.11. The summed E-state index contributed by atoms with van der Waals surface area (Å²) in [4.78, 5) is 0. The van der Waals surface area contributed by atoms with Gasteiger partial charge in [0.1, 0.15) is 18.5 Å². The molecule has 1 atom stereocenters. The first kappa shape index (κ1) is 16.3. The van der Waals surface area contributed by atoms with Gasteiger partial charge in [-0.3, -0.25) is 0 Å². The van der Waals surface area contributed by atoms with Crippen LogP contribution >= 0.6 is 0 Å². The zero-order chi connectivity index (χ0) is 17.3. The van der Waals surface area contributed by atoms with E-state index in [-0.39, 0.29) is 11.2 Å². The lowest BCUT2D eigenvalue weighted by molar-refractivity contribution is -0.401. The maximum absolute atomic E-state index is 10.2. The summed E-state index contributed by atoms with van der Waals surface area (Å²) in [6.45, 7) is 4.50. The van der Waals surface area contributed by atoms with Crippen molar-refractivity contribution in [1.29, 1.82) is 0 Å². The molecule has 3 rings (SSSR count). The summed E-state index contributed by atoms with van der Waals surface area (Å²) in [6, 6.07) is 13.9. The molecule has 0 saturated carbocycles. The van der Waals surface area contributed by atoms with Gasteiger partial charge in [-0.25, -0.2) is 0 Å². The molecule has 1 heterocycles. The average Bonchev–Trinajstić information content (AvgIpc) is 2.82. The maximum Gasteiger partial charge on any atom is 0.209 e. The third kappa shape index (κ3) is 2.50. The number of fused-ring (bicyclic) bond motifs is 1. The first-order valence-electron chi connectivity index (χ1n) is 8.27. The van der Waals surface area contributed by atoms with Gasteiger partial charge in [0.25, 0.3) is 0 Å². The monoisotopic (exact) mass is 322 g/mol. The van der Waals surface area contributed by atoms with Crippen molar-refractivity contribution in [2.45, 2.75) is 25.7 Å². The molecule has 0 amide bonds. The maximum atomic E-state index is 10.2. The highest BCUT2D eigenvalue weighted by atomic mass is 16.5. The highest BCUT2D eigenvalue weighted by Crippen LogP contribution is 2.41. The molecular formula is C21H24NO2+. The number of methoxy groups -OCH3 is 1. The molecular weight excluding hydrogens is 298 g/mol. The molecule has 1 N–H and O–H groups in total. The normalized spacial score (nSPS) is 19.8. The van der Waals surface area contributed by atoms with Crippen LogP contribution in [0.4, 0.5) is 5.69 Å². The number of phenols is 1. The fourth-order valence-corrected chi connectivity index (χ4v) is 3.50. The molecule has 1 aliphatic heterocycles. The van der Waals surface area contributed by atoms with E-state index in [9.17, 15) is 5.11 Å². The van der Waals surface area contributed by atoms with Crippen LogP contribution in [0.1, 0.15) is 31.4 Å². The van der Waals surface area contributed by atoms with Crippen LogP contribution in [0.3, 0.4) is 0 Å². The fourth-order valence-electron chi connectivity index (χ4n) is 3.50. The summed E-state index contributed by atoms with van der Waals surface area (Å²) in [5.74, 6) is 0.878. The van der Waals surface area contributed by atoms with Crippen molar-refractivity contribution in [3.05, 3.63) is 59.7 Å². The van der Waals surface area contributed by atoms with E-state index < -0.39 is 0 Å². The topological polar surface area (TPSA) is 32.5 Å². The van der Waals surface area contributed by atoms with Gasteiger partial charge in [-0.2, -0.15) is 4.58 Å². The minimum atomic E-state index is -0.0239. The van der Waals surface area contributed by atoms with E-state index >= 15 is 0 Å². The second-order valence-electron chi connectivity index (χ2n) is 6.41. The van der Waals surface area contributed by atoms with Gasteiger partial charge in [0.05, 0.1) is 12.5 Å². The van der Waals surface area contributed by atoms with Crippen molar-refractivity contribution in [3.8, 4) is 11.5 Å². The first-order valence-corrected chi connectivity index (χ1v) is 8.27. The summed E-state index contributed by atoms with van der Waals surface area (Å²) in [7, 11) is 3.70. The number of aromatic hydroxyl groups is 1. The van der Waals surface area contributed by atoms with Crippen LogP contribution < -0.4 is 4.74 Å². The van der Waals surface area contributed by atoms with Gasteiger partial charge >= 0.3 is 0 Å². The minimum Gasteiger partial charge on any atom is -0.507 e. The summed E-state index contributed by atoms with van der Waals surface area (Å²) in [5.41, 5.74) is 4.60. The van der Waals surface area contributed by atoms with E-state index in [1.807, 2.05) is 18.2 Å². The number of allylic oxidation sites excluding steroid dienone is 1. The number of para-hydroxylation sites is 1. The van der Waals surface area contributed by atoms with E-state index in [4.69, 9.17) is 4.74 Å². The third-order valence-corrected chi connectivity index (χ3v) is 5.15. The van der Waals surface area contributed by atoms with Gasteiger partial charge in [0.2, 0.25) is 5.69 Å². The molecule has 0 aromatic heterocycles. The predicted octanol–water partition coefficient (Wildman–Crippen LogP) is 4.51. The van der Waals surface area contributed by atoms with Crippen molar-refractivity contribution < 1.29 is 14.4 Å². The number of phenolic OH excluding ortho intramolecular Hbond substituents is 1. The largest absolute Gasteiger partial charge is 0.507 e. The molecule has 1 unspecified atom stereocenters. The van der Waals surface area contributed by atoms with E-state index in [0.717, 1.165) is 12.0 Å². The SMILES string of the molecule is CCC1(C)C(/C=C/c2ccc(OC)cc2O)=[N+](C)c2ccccc21. The molecule has 1 aliphatic rings. The summed E-state index contributed by atoms with van der Waals surface area (Å²) >= 11 is 0. The van der Waals surface area contributed by atoms with Gasteiger partial charge in [0.15, 0.2) is 5.71 Å². The van der Waals surface area contributed by atoms with Gasteiger partial charge in [-0.15, -0.1) is 0 Å². The molecule has 0 spiro atoms. The Balaban J connectivity index is 2.02. The van der Waals surface area contributed by atoms with E-state index in [1.165, 1.54) is 17.0 Å². The lowest BCUT2D eigenvalue weighted by Crippen LogP contribution is -2.29. The molecule has 124 valence electrons. The van der Waals surface area contributed by atoms with E-state index in [0.29, 0.717) is 5.75 Å². The van der Waals surface area contributed by atoms with Crippen molar-refractivity contribution in [2.24, 2.45) is 0 Å². The molecule has 0 aliphatic carbocycles. The van der Waals surface area contributed by atoms with Crippen molar-refractivity contribution in [1.82, 2.24) is 0 Å². The molecule has 3 nitrogen and oxygen atoms in total. The second kappa shape index (κ2) is 6.16. The number of rotatable bonds is 4. The van der Waals surface area contributed by atoms with Crippen LogP contribution in [0.15, 0.2) is 48.5 Å². The molecule has 24 heavy (non-hydrogen) atoms. The lowest BCUT2D eigenvalue weighted by Gasteiger charge is -2.19. The molecule has 3 heteroatoms. The number of ether oxygens (including phenoxy) is 1. The van der Waals surface area contributed by atoms with Crippen molar-refractivity contribution >= 4 is 17.5 Å². The van der Waals surface area contributed by atoms with Crippen LogP contribution in [-0.2, 0) is 5.41 Å². The Labute approximate surface area is 143 Å². The van der Waals surface area contributed by atoms with Crippen LogP contribution in [0, 0.1) is 0 Å². The Bertz CT molecular complexity index is 835. The zero-order valence-electron chi connectivity index (χ0n) is 14.7. The first-order chi connectivity index (χ1) is 11.5. The Morgan fingerprint density at radius 3 is 2.58 bits per heavy atom. The average molecular weight is 322 g/mol. The highest BCUT2D eigenvalue weighted by Gasteiger charge is 2.44. The van der Waals surface area contributed by atoms with Gasteiger partial charge in [-0.05, 0) is 31.6 Å². The Morgan fingerprint density at radius 2 is 1.92 bits per heavy atom. The van der Waals surface area contributed by atoms with Crippen LogP contribution in [0.2, 0.25) is 0 Å². The molecule has 2 aromatic rings. The van der Waals surface area contributed by atoms with Gasteiger partial charge < -0.3 is 9.84 Å².